The molecule has 0 radical (unpaired) electrons. The molecular formula is C12H21BrO11S3. The number of halogens is 1. The summed E-state index contributed by atoms with van der Waals surface area (Å²) >= 11 is 3.84. The molecule has 11 nitrogen and oxygen atoms in total. The molecule has 27 heavy (non-hydrogen) atoms. The maximum absolute atomic E-state index is 11.0. The van der Waals surface area contributed by atoms with Gasteiger partial charge in [-0.15, -0.1) is 0 Å². The standard InChI is InChI=1S/C7H12O6S2.C5H9BrO5S/c1-5(8)14-4-3-6(7(9)13-2)15(10,11)12;1-11-5(7)4(2-3-6)12(8,9)10/h6H,3-4H2,1-2H3,(H,10,11,12);4H,2-3H2,1H3,(H,8,9,10). The van der Waals surface area contributed by atoms with Crippen LogP contribution in [-0.2, 0) is 44.1 Å². The van der Waals surface area contributed by atoms with E-state index in [9.17, 15) is 31.2 Å². The lowest BCUT2D eigenvalue weighted by molar-refractivity contribution is -0.141. The Morgan fingerprint density at radius 3 is 1.56 bits per heavy atom. The molecule has 2 unspecified atom stereocenters. The molecule has 0 heterocycles. The lowest BCUT2D eigenvalue weighted by Gasteiger charge is -2.10. The summed E-state index contributed by atoms with van der Waals surface area (Å²) in [5.74, 6) is -1.84. The maximum Gasteiger partial charge on any atom is 0.326 e. The fourth-order valence-electron chi connectivity index (χ4n) is 1.45. The van der Waals surface area contributed by atoms with Crippen molar-refractivity contribution in [1.29, 1.82) is 0 Å². The minimum absolute atomic E-state index is 0.00843. The molecule has 0 spiro atoms. The third-order valence-corrected chi connectivity index (χ3v) is 6.30. The summed E-state index contributed by atoms with van der Waals surface area (Å²) in [5, 5.41) is -2.99. The highest BCUT2D eigenvalue weighted by molar-refractivity contribution is 9.09. The van der Waals surface area contributed by atoms with Gasteiger partial charge >= 0.3 is 11.9 Å². The molecule has 2 N–H and O–H groups in total. The predicted octanol–water partition coefficient (Wildman–Crippen LogP) is 0.286. The van der Waals surface area contributed by atoms with E-state index in [1.54, 1.807) is 0 Å². The summed E-state index contributed by atoms with van der Waals surface area (Å²) < 4.78 is 68.3. The van der Waals surface area contributed by atoms with Crippen molar-refractivity contribution in [3.63, 3.8) is 0 Å². The van der Waals surface area contributed by atoms with Gasteiger partial charge in [-0.25, -0.2) is 0 Å². The van der Waals surface area contributed by atoms with Crippen LogP contribution in [0.15, 0.2) is 0 Å². The second-order valence-corrected chi connectivity index (χ2v) is 9.92. The van der Waals surface area contributed by atoms with Gasteiger partial charge in [-0.1, -0.05) is 27.7 Å². The quantitative estimate of drug-likeness (QED) is 0.243. The number of ether oxygens (including phenoxy) is 2. The van der Waals surface area contributed by atoms with Crippen LogP contribution in [0.5, 0.6) is 0 Å². The first-order valence-corrected chi connectivity index (χ1v) is 12.1. The van der Waals surface area contributed by atoms with Crippen molar-refractivity contribution in [2.45, 2.75) is 30.3 Å². The van der Waals surface area contributed by atoms with Crippen molar-refractivity contribution >= 4 is 65.0 Å². The van der Waals surface area contributed by atoms with Crippen molar-refractivity contribution in [2.24, 2.45) is 0 Å². The molecular weight excluding hydrogens is 496 g/mol. The van der Waals surface area contributed by atoms with Crippen LogP contribution in [0.2, 0.25) is 0 Å². The molecule has 0 saturated carbocycles. The van der Waals surface area contributed by atoms with Gasteiger partial charge in [0.1, 0.15) is 0 Å². The topological polar surface area (TPSA) is 178 Å². The van der Waals surface area contributed by atoms with Gasteiger partial charge in [0.25, 0.3) is 20.2 Å². The number of esters is 2. The number of hydrogen-bond donors (Lipinski definition) is 2. The third-order valence-electron chi connectivity index (χ3n) is 2.70. The van der Waals surface area contributed by atoms with E-state index in [2.05, 4.69) is 25.4 Å². The Balaban J connectivity index is 0. The summed E-state index contributed by atoms with van der Waals surface area (Å²) in [7, 11) is -6.73. The number of hydrogen-bond acceptors (Lipinski definition) is 10. The lowest BCUT2D eigenvalue weighted by atomic mass is 10.3. The van der Waals surface area contributed by atoms with Gasteiger partial charge < -0.3 is 9.47 Å². The molecule has 15 heteroatoms. The minimum atomic E-state index is -4.47. The molecule has 0 fully saturated rings. The molecule has 0 aliphatic carbocycles. The highest BCUT2D eigenvalue weighted by Gasteiger charge is 2.32. The fraction of sp³-hybridized carbons (Fsp3) is 0.750. The number of rotatable bonds is 9. The van der Waals surface area contributed by atoms with Crippen molar-refractivity contribution < 1.29 is 49.8 Å². The first-order valence-electron chi connectivity index (χ1n) is 6.99. The van der Waals surface area contributed by atoms with Gasteiger partial charge in [0.05, 0.1) is 14.2 Å². The second-order valence-electron chi connectivity index (χ2n) is 4.66. The van der Waals surface area contributed by atoms with Crippen LogP contribution in [0.4, 0.5) is 0 Å². The van der Waals surface area contributed by atoms with Gasteiger partial charge in [0, 0.05) is 18.0 Å². The van der Waals surface area contributed by atoms with E-state index in [-0.39, 0.29) is 23.7 Å². The molecule has 0 amide bonds. The van der Waals surface area contributed by atoms with Gasteiger partial charge in [0.15, 0.2) is 15.6 Å². The number of carbonyl (C=O) groups excluding carboxylic acids is 3. The third kappa shape index (κ3) is 13.1. The Kier molecular flexibility index (Phi) is 14.2. The Hall–Kier alpha value is -0.740. The number of alkyl halides is 1. The minimum Gasteiger partial charge on any atom is -0.468 e. The number of methoxy groups -OCH3 is 2. The molecule has 0 aromatic carbocycles. The fourth-order valence-corrected chi connectivity index (χ4v) is 4.51. The van der Waals surface area contributed by atoms with Crippen LogP contribution < -0.4 is 0 Å². The predicted molar refractivity (Wildman–Crippen MR) is 101 cm³/mol. The van der Waals surface area contributed by atoms with E-state index in [4.69, 9.17) is 9.11 Å². The van der Waals surface area contributed by atoms with E-state index in [1.165, 1.54) is 6.92 Å². The Labute approximate surface area is 170 Å². The lowest BCUT2D eigenvalue weighted by Crippen LogP contribution is -2.31. The molecule has 0 saturated heterocycles. The zero-order chi connectivity index (χ0) is 21.8. The van der Waals surface area contributed by atoms with E-state index in [0.29, 0.717) is 5.33 Å². The van der Waals surface area contributed by atoms with Crippen LogP contribution in [0.25, 0.3) is 0 Å². The smallest absolute Gasteiger partial charge is 0.326 e. The summed E-state index contributed by atoms with van der Waals surface area (Å²) in [6, 6.07) is 0. The summed E-state index contributed by atoms with van der Waals surface area (Å²) in [6.07, 6.45) is -0.165. The van der Waals surface area contributed by atoms with Crippen molar-refractivity contribution in [3.8, 4) is 0 Å². The van der Waals surface area contributed by atoms with Crippen molar-refractivity contribution in [3.05, 3.63) is 0 Å². The number of carbonyl (C=O) groups is 3. The van der Waals surface area contributed by atoms with Gasteiger partial charge in [0.2, 0.25) is 0 Å². The molecule has 0 aromatic rings. The molecule has 0 aliphatic rings. The molecule has 0 bridgehead atoms. The average molecular weight is 517 g/mol. The zero-order valence-corrected chi connectivity index (χ0v) is 18.7. The van der Waals surface area contributed by atoms with Gasteiger partial charge in [-0.05, 0) is 12.8 Å². The summed E-state index contributed by atoms with van der Waals surface area (Å²) in [5.41, 5.74) is 0. The first-order chi connectivity index (χ1) is 12.2. The molecule has 160 valence electrons. The van der Waals surface area contributed by atoms with E-state index >= 15 is 0 Å². The number of thioether (sulfide) groups is 1. The Morgan fingerprint density at radius 1 is 0.926 bits per heavy atom. The monoisotopic (exact) mass is 516 g/mol. The average Bonchev–Trinajstić information content (AvgIpc) is 2.53. The van der Waals surface area contributed by atoms with Crippen LogP contribution >= 0.6 is 27.7 Å². The highest BCUT2D eigenvalue weighted by Crippen LogP contribution is 2.12. The van der Waals surface area contributed by atoms with E-state index in [1.807, 2.05) is 0 Å². The second kappa shape index (κ2) is 13.4. The maximum atomic E-state index is 11.0. The van der Waals surface area contributed by atoms with Crippen LogP contribution in [0, 0.1) is 0 Å². The first kappa shape index (κ1) is 28.5. The summed E-state index contributed by atoms with van der Waals surface area (Å²) in [4.78, 5) is 32.3. The van der Waals surface area contributed by atoms with Gasteiger partial charge in [-0.2, -0.15) is 16.8 Å². The van der Waals surface area contributed by atoms with Gasteiger partial charge in [-0.3, -0.25) is 23.5 Å². The molecule has 0 aliphatic heterocycles. The van der Waals surface area contributed by atoms with E-state index < -0.39 is 42.7 Å². The molecule has 0 aromatic heterocycles. The van der Waals surface area contributed by atoms with Crippen LogP contribution in [0.3, 0.4) is 0 Å². The SMILES string of the molecule is COC(=O)C(CCBr)S(=O)(=O)O.COC(=O)C(CCSC(C)=O)S(=O)(=O)O. The Morgan fingerprint density at radius 2 is 1.30 bits per heavy atom. The molecule has 0 rings (SSSR count). The summed E-state index contributed by atoms with van der Waals surface area (Å²) in [6.45, 7) is 1.32. The molecule has 2 atom stereocenters. The highest BCUT2D eigenvalue weighted by atomic mass is 79.9. The largest absolute Gasteiger partial charge is 0.468 e. The van der Waals surface area contributed by atoms with Crippen LogP contribution in [-0.4, -0.2) is 78.8 Å². The zero-order valence-electron chi connectivity index (χ0n) is 14.7. The van der Waals surface area contributed by atoms with Crippen LogP contribution in [0.1, 0.15) is 19.8 Å². The van der Waals surface area contributed by atoms with E-state index in [0.717, 1.165) is 26.0 Å². The van der Waals surface area contributed by atoms with Crippen molar-refractivity contribution in [1.82, 2.24) is 0 Å². The van der Waals surface area contributed by atoms with Crippen molar-refractivity contribution in [2.75, 3.05) is 25.3 Å². The normalized spacial score (nSPS) is 13.6. The Bertz CT molecular complexity index is 702.